The zero-order valence-electron chi connectivity index (χ0n) is 9.27. The molecule has 0 N–H and O–H groups in total. The third-order valence-corrected chi connectivity index (χ3v) is 2.91. The van der Waals surface area contributed by atoms with Gasteiger partial charge < -0.3 is 0 Å². The average Bonchev–Trinajstić information content (AvgIpc) is 2.15. The minimum absolute atomic E-state index is 0.102. The van der Waals surface area contributed by atoms with E-state index in [0.717, 1.165) is 6.07 Å². The lowest BCUT2D eigenvalue weighted by Gasteiger charge is -2.17. The molecular weight excluding hydrogens is 239 g/mol. The first kappa shape index (κ1) is 13.3. The van der Waals surface area contributed by atoms with E-state index < -0.39 is 11.9 Å². The van der Waals surface area contributed by atoms with Gasteiger partial charge in [0, 0.05) is 5.92 Å². The van der Waals surface area contributed by atoms with E-state index in [2.05, 4.69) is 4.98 Å². The minimum Gasteiger partial charge on any atom is -0.247 e. The normalized spacial score (nSPS) is 14.2. The van der Waals surface area contributed by atoms with Gasteiger partial charge in [-0.25, -0.2) is 4.98 Å². The highest BCUT2D eigenvalue weighted by atomic mass is 35.5. The second kappa shape index (κ2) is 4.62. The van der Waals surface area contributed by atoms with Crippen molar-refractivity contribution < 1.29 is 13.2 Å². The zero-order chi connectivity index (χ0) is 12.5. The molecule has 16 heavy (non-hydrogen) atoms. The molecule has 1 aromatic rings. The van der Waals surface area contributed by atoms with E-state index in [1.807, 2.05) is 20.8 Å². The summed E-state index contributed by atoms with van der Waals surface area (Å²) < 4.78 is 37.4. The Balaban J connectivity index is 3.19. The molecule has 0 spiro atoms. The first-order chi connectivity index (χ1) is 7.23. The van der Waals surface area contributed by atoms with Crippen LogP contribution in [0.3, 0.4) is 0 Å². The van der Waals surface area contributed by atoms with Gasteiger partial charge in [-0.05, 0) is 18.1 Å². The number of aromatic nitrogens is 1. The summed E-state index contributed by atoms with van der Waals surface area (Å²) in [5, 5.41) is 0.286. The SMILES string of the molecule is CC(C)C(C)c1nc(C(F)(F)F)ccc1Cl. The molecule has 5 heteroatoms. The summed E-state index contributed by atoms with van der Waals surface area (Å²) in [4.78, 5) is 3.61. The summed E-state index contributed by atoms with van der Waals surface area (Å²) in [7, 11) is 0. The Hall–Kier alpha value is -0.770. The molecule has 0 amide bonds. The summed E-state index contributed by atoms with van der Waals surface area (Å²) >= 11 is 5.86. The Labute approximate surface area is 97.6 Å². The molecule has 1 heterocycles. The van der Waals surface area contributed by atoms with Crippen molar-refractivity contribution in [2.75, 3.05) is 0 Å². The van der Waals surface area contributed by atoms with Gasteiger partial charge in [0.1, 0.15) is 5.69 Å². The van der Waals surface area contributed by atoms with Crippen molar-refractivity contribution >= 4 is 11.6 Å². The lowest BCUT2D eigenvalue weighted by Crippen LogP contribution is -2.12. The van der Waals surface area contributed by atoms with Gasteiger partial charge >= 0.3 is 6.18 Å². The summed E-state index contributed by atoms with van der Waals surface area (Å²) in [5.41, 5.74) is -0.578. The van der Waals surface area contributed by atoms with Crippen LogP contribution in [-0.4, -0.2) is 4.98 Å². The van der Waals surface area contributed by atoms with Gasteiger partial charge in [0.25, 0.3) is 0 Å². The molecule has 1 nitrogen and oxygen atoms in total. The van der Waals surface area contributed by atoms with Gasteiger partial charge in [0.05, 0.1) is 10.7 Å². The van der Waals surface area contributed by atoms with Gasteiger partial charge in [-0.1, -0.05) is 32.4 Å². The van der Waals surface area contributed by atoms with Gasteiger partial charge in [-0.3, -0.25) is 0 Å². The van der Waals surface area contributed by atoms with Crippen LogP contribution < -0.4 is 0 Å². The van der Waals surface area contributed by atoms with Gasteiger partial charge in [-0.15, -0.1) is 0 Å². The lowest BCUT2D eigenvalue weighted by atomic mass is 9.94. The zero-order valence-corrected chi connectivity index (χ0v) is 10.0. The maximum atomic E-state index is 12.5. The molecule has 0 aliphatic rings. The second-order valence-corrected chi connectivity index (χ2v) is 4.50. The Morgan fingerprint density at radius 2 is 1.75 bits per heavy atom. The predicted molar refractivity (Wildman–Crippen MR) is 57.5 cm³/mol. The maximum Gasteiger partial charge on any atom is 0.433 e. The molecule has 0 saturated carbocycles. The summed E-state index contributed by atoms with van der Waals surface area (Å²) in [5.74, 6) is 0.0864. The molecular formula is C11H13ClF3N. The Bertz CT molecular complexity index is 374. The Morgan fingerprint density at radius 1 is 1.19 bits per heavy atom. The fourth-order valence-electron chi connectivity index (χ4n) is 1.25. The Morgan fingerprint density at radius 3 is 2.19 bits per heavy atom. The molecule has 0 aromatic carbocycles. The predicted octanol–water partition coefficient (Wildman–Crippen LogP) is 4.51. The molecule has 1 atom stereocenters. The van der Waals surface area contributed by atoms with Crippen LogP contribution in [0.4, 0.5) is 13.2 Å². The molecule has 1 aromatic heterocycles. The highest BCUT2D eigenvalue weighted by molar-refractivity contribution is 6.31. The van der Waals surface area contributed by atoms with Crippen molar-refractivity contribution in [1.29, 1.82) is 0 Å². The molecule has 1 rings (SSSR count). The number of nitrogens with zero attached hydrogens (tertiary/aromatic N) is 1. The molecule has 0 aliphatic carbocycles. The maximum absolute atomic E-state index is 12.5. The average molecular weight is 252 g/mol. The standard InChI is InChI=1S/C11H13ClF3N/c1-6(2)7(3)10-8(12)4-5-9(16-10)11(13,14)15/h4-7H,1-3H3. The van der Waals surface area contributed by atoms with E-state index in [1.165, 1.54) is 6.07 Å². The topological polar surface area (TPSA) is 12.9 Å². The molecule has 1 unspecified atom stereocenters. The minimum atomic E-state index is -4.42. The molecule has 0 fully saturated rings. The van der Waals surface area contributed by atoms with Crippen LogP contribution in [0, 0.1) is 5.92 Å². The van der Waals surface area contributed by atoms with Crippen LogP contribution in [0.1, 0.15) is 38.1 Å². The smallest absolute Gasteiger partial charge is 0.247 e. The number of rotatable bonds is 2. The summed E-state index contributed by atoms with van der Waals surface area (Å²) in [6, 6.07) is 2.16. The van der Waals surface area contributed by atoms with E-state index >= 15 is 0 Å². The van der Waals surface area contributed by atoms with Crippen LogP contribution in [0.5, 0.6) is 0 Å². The van der Waals surface area contributed by atoms with Crippen molar-refractivity contribution in [3.8, 4) is 0 Å². The second-order valence-electron chi connectivity index (χ2n) is 4.09. The number of alkyl halides is 3. The van der Waals surface area contributed by atoms with Gasteiger partial charge in [0.15, 0.2) is 0 Å². The number of halogens is 4. The van der Waals surface area contributed by atoms with E-state index in [9.17, 15) is 13.2 Å². The third-order valence-electron chi connectivity index (χ3n) is 2.59. The lowest BCUT2D eigenvalue weighted by molar-refractivity contribution is -0.141. The Kier molecular flexibility index (Phi) is 3.84. The summed E-state index contributed by atoms with van der Waals surface area (Å²) in [6.07, 6.45) is -4.42. The van der Waals surface area contributed by atoms with Crippen molar-refractivity contribution in [3.05, 3.63) is 28.5 Å². The van der Waals surface area contributed by atoms with Crippen molar-refractivity contribution in [2.45, 2.75) is 32.9 Å². The highest BCUT2D eigenvalue weighted by Gasteiger charge is 2.33. The van der Waals surface area contributed by atoms with E-state index in [0.29, 0.717) is 5.69 Å². The molecule has 0 saturated heterocycles. The van der Waals surface area contributed by atoms with Crippen LogP contribution in [0.2, 0.25) is 5.02 Å². The van der Waals surface area contributed by atoms with Crippen LogP contribution in [0.25, 0.3) is 0 Å². The molecule has 0 radical (unpaired) electrons. The fourth-order valence-corrected chi connectivity index (χ4v) is 1.53. The fraction of sp³-hybridized carbons (Fsp3) is 0.545. The van der Waals surface area contributed by atoms with E-state index in [4.69, 9.17) is 11.6 Å². The number of pyridine rings is 1. The van der Waals surface area contributed by atoms with Crippen molar-refractivity contribution in [1.82, 2.24) is 4.98 Å². The molecule has 0 bridgehead atoms. The van der Waals surface area contributed by atoms with E-state index in [1.54, 1.807) is 0 Å². The first-order valence-corrected chi connectivity index (χ1v) is 5.35. The largest absolute Gasteiger partial charge is 0.433 e. The van der Waals surface area contributed by atoms with Gasteiger partial charge in [0.2, 0.25) is 0 Å². The van der Waals surface area contributed by atoms with Gasteiger partial charge in [-0.2, -0.15) is 13.2 Å². The highest BCUT2D eigenvalue weighted by Crippen LogP contribution is 2.33. The third kappa shape index (κ3) is 2.88. The summed E-state index contributed by atoms with van der Waals surface area (Å²) in [6.45, 7) is 5.66. The van der Waals surface area contributed by atoms with Crippen molar-refractivity contribution in [2.24, 2.45) is 5.92 Å². The number of hydrogen-bond acceptors (Lipinski definition) is 1. The molecule has 90 valence electrons. The van der Waals surface area contributed by atoms with E-state index in [-0.39, 0.29) is 16.9 Å². The number of hydrogen-bond donors (Lipinski definition) is 0. The van der Waals surface area contributed by atoms with Crippen molar-refractivity contribution in [3.63, 3.8) is 0 Å². The van der Waals surface area contributed by atoms with Crippen LogP contribution >= 0.6 is 11.6 Å². The first-order valence-electron chi connectivity index (χ1n) is 4.97. The quantitative estimate of drug-likeness (QED) is 0.753. The van der Waals surface area contributed by atoms with Crippen LogP contribution in [0.15, 0.2) is 12.1 Å². The monoisotopic (exact) mass is 251 g/mol. The molecule has 0 aliphatic heterocycles. The van der Waals surface area contributed by atoms with Crippen LogP contribution in [-0.2, 0) is 6.18 Å².